The van der Waals surface area contributed by atoms with Crippen LogP contribution in [-0.4, -0.2) is 44.8 Å². The molecule has 1 amide bonds. The van der Waals surface area contributed by atoms with Gasteiger partial charge in [-0.2, -0.15) is 0 Å². The van der Waals surface area contributed by atoms with Gasteiger partial charge in [-0.05, 0) is 133 Å². The number of nitrogens with one attached hydrogen (secondary N) is 2. The molecule has 57 heavy (non-hydrogen) atoms. The van der Waals surface area contributed by atoms with Crippen molar-refractivity contribution in [1.82, 2.24) is 15.3 Å². The molecule has 2 aromatic rings. The van der Waals surface area contributed by atoms with Crippen LogP contribution in [0.3, 0.4) is 0 Å². The number of ether oxygens (including phenoxy) is 1. The molecule has 10 atom stereocenters. The summed E-state index contributed by atoms with van der Waals surface area (Å²) in [6.45, 7) is 22.8. The fraction of sp³-hybridized carbons (Fsp3) is 0.729. The highest BCUT2D eigenvalue weighted by atomic mass is 16.5. The topological polar surface area (TPSA) is 138 Å². The summed E-state index contributed by atoms with van der Waals surface area (Å²) in [5.41, 5.74) is 4.11. The Morgan fingerprint density at radius 3 is 2.33 bits per heavy atom. The lowest BCUT2D eigenvalue weighted by Crippen LogP contribution is -2.66. The number of carboxylic acid groups (broad SMARTS) is 1. The highest BCUT2D eigenvalue weighted by Crippen LogP contribution is 2.77. The van der Waals surface area contributed by atoms with Crippen molar-refractivity contribution in [2.75, 3.05) is 0 Å². The molecule has 1 aromatic heterocycles. The van der Waals surface area contributed by atoms with Crippen molar-refractivity contribution in [1.29, 1.82) is 0 Å². The predicted molar refractivity (Wildman–Crippen MR) is 220 cm³/mol. The molecular weight excluding hydrogens is 715 g/mol. The molecule has 8 rings (SSSR count). The summed E-state index contributed by atoms with van der Waals surface area (Å²) in [5, 5.41) is 12.9. The maximum atomic E-state index is 14.1. The second-order valence-corrected chi connectivity index (χ2v) is 21.9. The minimum absolute atomic E-state index is 0.00840. The van der Waals surface area contributed by atoms with E-state index < -0.39 is 22.7 Å². The number of fused-ring (bicyclic) bond motifs is 8. The Morgan fingerprint density at radius 2 is 1.65 bits per heavy atom. The number of rotatable bonds is 8. The van der Waals surface area contributed by atoms with E-state index in [1.54, 1.807) is 0 Å². The standard InChI is InChI=1S/C48H67N3O6/c1-26(2)39-34(52)23-48(24-38(53)49-25-28-11-13-32-33(21-28)51-27(3)50-32)20-19-46(9)29(40(39)48)12-14-36-45(8)17-16-37(44(6,7)35(45)15-18-47(36,46)10)57-42(56)31-22-30(41(54)55)43(31,4)5/h11,13,21,26,29-31,35-37H,12,14-20,22-25H2,1-10H3,(H,49,53)(H,50,51)(H,54,55)/t29-,30+,31-,35+,36-,37+,45+,46-,47-,48+/m1/s1. The van der Waals surface area contributed by atoms with E-state index >= 15 is 0 Å². The number of nitrogens with zero attached hydrogens (tertiary/aromatic N) is 1. The number of aliphatic carboxylic acids is 1. The van der Waals surface area contributed by atoms with E-state index in [0.717, 1.165) is 79.4 Å². The maximum absolute atomic E-state index is 14.1. The Hall–Kier alpha value is -3.49. The number of carbonyl (C=O) groups is 4. The SMILES string of the molecule is Cc1nc2ccc(CNC(=O)C[C@@]34CC[C@]5(C)[C@H](CC[C@@H]6[C@@]7(C)CC[C@H](OC(=O)[C@H]8C[C@@H](C(=O)O)C8(C)C)C(C)(C)[C@@H]7CC[C@]65C)C3=C(C(C)C)C(=O)C4)cc2[nH]1. The molecule has 0 unspecified atom stereocenters. The number of imidazole rings is 1. The van der Waals surface area contributed by atoms with Gasteiger partial charge in [-0.3, -0.25) is 19.2 Å². The first kappa shape index (κ1) is 40.3. The van der Waals surface area contributed by atoms with Gasteiger partial charge >= 0.3 is 11.9 Å². The van der Waals surface area contributed by atoms with Crippen LogP contribution in [0.5, 0.6) is 0 Å². The highest BCUT2D eigenvalue weighted by molar-refractivity contribution is 6.01. The van der Waals surface area contributed by atoms with Crippen LogP contribution in [0.1, 0.15) is 144 Å². The number of allylic oxidation sites excluding steroid dienone is 2. The third-order valence-corrected chi connectivity index (χ3v) is 18.3. The Bertz CT molecular complexity index is 2060. The van der Waals surface area contributed by atoms with Gasteiger partial charge in [0.25, 0.3) is 0 Å². The summed E-state index contributed by atoms with van der Waals surface area (Å²) in [7, 11) is 0. The van der Waals surface area contributed by atoms with Crippen LogP contribution in [0, 0.1) is 74.9 Å². The smallest absolute Gasteiger partial charge is 0.309 e. The van der Waals surface area contributed by atoms with E-state index in [0.29, 0.717) is 37.6 Å². The van der Waals surface area contributed by atoms with Crippen LogP contribution in [-0.2, 0) is 30.5 Å². The van der Waals surface area contributed by atoms with Crippen molar-refractivity contribution >= 4 is 34.7 Å². The summed E-state index contributed by atoms with van der Waals surface area (Å²) in [5.74, 6) is 0.446. The zero-order chi connectivity index (χ0) is 41.2. The first-order valence-corrected chi connectivity index (χ1v) is 22.0. The van der Waals surface area contributed by atoms with Crippen LogP contribution < -0.4 is 5.32 Å². The lowest BCUT2D eigenvalue weighted by atomic mass is 9.33. The molecule has 6 aliphatic rings. The third-order valence-electron chi connectivity index (χ3n) is 18.3. The molecule has 5 fully saturated rings. The van der Waals surface area contributed by atoms with E-state index in [1.165, 1.54) is 5.57 Å². The first-order valence-electron chi connectivity index (χ1n) is 22.0. The Morgan fingerprint density at radius 1 is 0.912 bits per heavy atom. The van der Waals surface area contributed by atoms with Crippen molar-refractivity contribution in [3.8, 4) is 0 Å². The number of amides is 1. The molecule has 310 valence electrons. The summed E-state index contributed by atoms with van der Waals surface area (Å²) in [4.78, 5) is 61.3. The van der Waals surface area contributed by atoms with E-state index in [-0.39, 0.29) is 63.2 Å². The van der Waals surface area contributed by atoms with Gasteiger partial charge in [0, 0.05) is 30.2 Å². The molecule has 0 aliphatic heterocycles. The number of H-pyrrole nitrogens is 1. The van der Waals surface area contributed by atoms with E-state index in [4.69, 9.17) is 4.74 Å². The van der Waals surface area contributed by atoms with Crippen molar-refractivity contribution < 1.29 is 29.0 Å². The lowest BCUT2D eigenvalue weighted by Gasteiger charge is -2.72. The monoisotopic (exact) mass is 782 g/mol. The summed E-state index contributed by atoms with van der Waals surface area (Å²) >= 11 is 0. The van der Waals surface area contributed by atoms with Crippen LogP contribution in [0.15, 0.2) is 29.3 Å². The number of esters is 1. The minimum atomic E-state index is -0.831. The number of carbonyl (C=O) groups excluding carboxylic acids is 3. The van der Waals surface area contributed by atoms with Gasteiger partial charge in [0.2, 0.25) is 5.91 Å². The number of aromatic nitrogens is 2. The molecular formula is C48H67N3O6. The van der Waals surface area contributed by atoms with Gasteiger partial charge < -0.3 is 20.1 Å². The Labute approximate surface area is 339 Å². The molecule has 6 aliphatic carbocycles. The number of benzene rings is 1. The second kappa shape index (κ2) is 13.3. The lowest BCUT2D eigenvalue weighted by molar-refractivity contribution is -0.236. The summed E-state index contributed by atoms with van der Waals surface area (Å²) < 4.78 is 6.42. The van der Waals surface area contributed by atoms with Gasteiger partial charge in [0.15, 0.2) is 5.78 Å². The second-order valence-electron chi connectivity index (χ2n) is 21.9. The molecule has 5 saturated carbocycles. The number of aryl methyl sites for hydroxylation is 1. The van der Waals surface area contributed by atoms with Gasteiger partial charge in [-0.1, -0.05) is 74.0 Å². The normalized spacial score (nSPS) is 39.1. The molecule has 9 nitrogen and oxygen atoms in total. The Kier molecular flexibility index (Phi) is 9.37. The number of aromatic amines is 1. The fourth-order valence-electron chi connectivity index (χ4n) is 15.0. The number of Topliss-reactive ketones (excluding diaryl/α,β-unsaturated/α-hetero) is 1. The van der Waals surface area contributed by atoms with Crippen molar-refractivity contribution in [2.24, 2.45) is 68.0 Å². The number of hydrogen-bond donors (Lipinski definition) is 3. The molecule has 0 spiro atoms. The number of ketones is 1. The Balaban J connectivity index is 1.02. The van der Waals surface area contributed by atoms with Crippen LogP contribution in [0.2, 0.25) is 0 Å². The van der Waals surface area contributed by atoms with E-state index in [1.807, 2.05) is 32.9 Å². The molecule has 0 bridgehead atoms. The zero-order valence-electron chi connectivity index (χ0n) is 36.2. The van der Waals surface area contributed by atoms with E-state index in [2.05, 4.69) is 69.8 Å². The average molecular weight is 782 g/mol. The van der Waals surface area contributed by atoms with Crippen LogP contribution in [0.25, 0.3) is 11.0 Å². The molecule has 0 radical (unpaired) electrons. The summed E-state index contributed by atoms with van der Waals surface area (Å²) in [6.07, 6.45) is 8.93. The largest absolute Gasteiger partial charge is 0.481 e. The van der Waals surface area contributed by atoms with Crippen molar-refractivity contribution in [2.45, 2.75) is 153 Å². The zero-order valence-corrected chi connectivity index (χ0v) is 36.2. The van der Waals surface area contributed by atoms with Crippen LogP contribution in [0.4, 0.5) is 0 Å². The fourth-order valence-corrected chi connectivity index (χ4v) is 15.0. The van der Waals surface area contributed by atoms with Gasteiger partial charge in [0.1, 0.15) is 11.9 Å². The van der Waals surface area contributed by atoms with Crippen molar-refractivity contribution in [3.05, 3.63) is 40.7 Å². The van der Waals surface area contributed by atoms with Gasteiger partial charge in [-0.25, -0.2) is 4.98 Å². The number of carboxylic acids is 1. The maximum Gasteiger partial charge on any atom is 0.309 e. The first-order chi connectivity index (χ1) is 26.6. The van der Waals surface area contributed by atoms with Gasteiger partial charge in [-0.15, -0.1) is 0 Å². The minimum Gasteiger partial charge on any atom is -0.481 e. The van der Waals surface area contributed by atoms with E-state index in [9.17, 15) is 24.3 Å². The van der Waals surface area contributed by atoms with Gasteiger partial charge in [0.05, 0.1) is 22.9 Å². The average Bonchev–Trinajstić information content (AvgIpc) is 3.63. The molecule has 3 N–H and O–H groups in total. The molecule has 1 aromatic carbocycles. The number of hydrogen-bond acceptors (Lipinski definition) is 6. The highest BCUT2D eigenvalue weighted by Gasteiger charge is 2.70. The summed E-state index contributed by atoms with van der Waals surface area (Å²) in [6, 6.07) is 6.08. The molecule has 0 saturated heterocycles. The quantitative estimate of drug-likeness (QED) is 0.227. The third kappa shape index (κ3) is 5.84. The molecule has 1 heterocycles. The molecule has 9 heteroatoms. The van der Waals surface area contributed by atoms with Crippen LogP contribution >= 0.6 is 0 Å². The predicted octanol–water partition coefficient (Wildman–Crippen LogP) is 9.52. The van der Waals surface area contributed by atoms with Crippen molar-refractivity contribution in [3.63, 3.8) is 0 Å².